The van der Waals surface area contributed by atoms with E-state index in [4.69, 9.17) is 5.73 Å². The molecule has 0 saturated carbocycles. The quantitative estimate of drug-likeness (QED) is 0.838. The second-order valence-corrected chi connectivity index (χ2v) is 3.93. The van der Waals surface area contributed by atoms with Crippen LogP contribution in [0, 0.1) is 6.92 Å². The van der Waals surface area contributed by atoms with Crippen molar-refractivity contribution in [2.75, 3.05) is 0 Å². The normalized spacial score (nSPS) is 10.7. The lowest BCUT2D eigenvalue weighted by Crippen LogP contribution is -2.05. The van der Waals surface area contributed by atoms with Crippen LogP contribution in [0.25, 0.3) is 0 Å². The zero-order valence-electron chi connectivity index (χ0n) is 9.64. The Balaban J connectivity index is 2.17. The monoisotopic (exact) mass is 216 g/mol. The molecule has 0 saturated heterocycles. The zero-order chi connectivity index (χ0) is 11.5. The minimum atomic E-state index is 0.428. The molecule has 1 aromatic heterocycles. The van der Waals surface area contributed by atoms with Gasteiger partial charge in [-0.3, -0.25) is 4.68 Å². The van der Waals surface area contributed by atoms with Crippen molar-refractivity contribution in [3.05, 3.63) is 47.0 Å². The molecule has 2 aromatic rings. The number of rotatable bonds is 3. The Kier molecular flexibility index (Phi) is 3.01. The smallest absolute Gasteiger partial charge is 0.155 e. The van der Waals surface area contributed by atoms with Gasteiger partial charge < -0.3 is 5.73 Å². The van der Waals surface area contributed by atoms with Gasteiger partial charge in [0.2, 0.25) is 0 Å². The number of aromatic nitrogens is 3. The molecule has 0 atom stereocenters. The fraction of sp³-hybridized carbons (Fsp3) is 0.333. The van der Waals surface area contributed by atoms with Gasteiger partial charge in [-0.25, -0.2) is 4.98 Å². The third kappa shape index (κ3) is 2.28. The van der Waals surface area contributed by atoms with E-state index in [1.54, 1.807) is 4.68 Å². The standard InChI is InChI=1S/C12H16N4/c1-9-3-5-10(6-4-9)7-11-14-12(8-13)16(2)15-11/h3-6H,7-8,13H2,1-2H3. The summed E-state index contributed by atoms with van der Waals surface area (Å²) in [7, 11) is 1.87. The summed E-state index contributed by atoms with van der Waals surface area (Å²) in [5.74, 6) is 1.65. The average Bonchev–Trinajstić information content (AvgIpc) is 2.62. The summed E-state index contributed by atoms with van der Waals surface area (Å²) in [6.07, 6.45) is 0.758. The molecule has 0 unspecified atom stereocenters. The van der Waals surface area contributed by atoms with Crippen LogP contribution in [0.5, 0.6) is 0 Å². The average molecular weight is 216 g/mol. The van der Waals surface area contributed by atoms with Crippen LogP contribution in [0.4, 0.5) is 0 Å². The molecular weight excluding hydrogens is 200 g/mol. The first-order valence-corrected chi connectivity index (χ1v) is 5.33. The number of aryl methyl sites for hydroxylation is 2. The molecule has 84 valence electrons. The molecule has 0 spiro atoms. The van der Waals surface area contributed by atoms with Gasteiger partial charge in [0, 0.05) is 13.5 Å². The van der Waals surface area contributed by atoms with Crippen LogP contribution in [0.3, 0.4) is 0 Å². The minimum absolute atomic E-state index is 0.428. The third-order valence-corrected chi connectivity index (χ3v) is 2.56. The molecule has 0 aliphatic rings. The summed E-state index contributed by atoms with van der Waals surface area (Å²) in [6, 6.07) is 8.41. The number of hydrogen-bond acceptors (Lipinski definition) is 3. The molecule has 1 heterocycles. The summed E-state index contributed by atoms with van der Waals surface area (Å²) in [5.41, 5.74) is 8.04. The van der Waals surface area contributed by atoms with E-state index in [1.807, 2.05) is 7.05 Å². The molecule has 2 N–H and O–H groups in total. The first-order valence-electron chi connectivity index (χ1n) is 5.33. The highest BCUT2D eigenvalue weighted by atomic mass is 15.3. The highest BCUT2D eigenvalue weighted by Crippen LogP contribution is 2.08. The van der Waals surface area contributed by atoms with Crippen molar-refractivity contribution < 1.29 is 0 Å². The molecule has 16 heavy (non-hydrogen) atoms. The van der Waals surface area contributed by atoms with Crippen LogP contribution >= 0.6 is 0 Å². The van der Waals surface area contributed by atoms with Gasteiger partial charge in [0.15, 0.2) is 5.82 Å². The number of benzene rings is 1. The Bertz CT molecular complexity index is 470. The van der Waals surface area contributed by atoms with Crippen LogP contribution in [-0.4, -0.2) is 14.8 Å². The first kappa shape index (κ1) is 10.8. The largest absolute Gasteiger partial charge is 0.324 e. The molecular formula is C12H16N4. The van der Waals surface area contributed by atoms with Crippen molar-refractivity contribution in [3.63, 3.8) is 0 Å². The van der Waals surface area contributed by atoms with Crippen LogP contribution < -0.4 is 5.73 Å². The van der Waals surface area contributed by atoms with E-state index < -0.39 is 0 Å². The van der Waals surface area contributed by atoms with E-state index in [-0.39, 0.29) is 0 Å². The Hall–Kier alpha value is -1.68. The van der Waals surface area contributed by atoms with Crippen molar-refractivity contribution in [1.82, 2.24) is 14.8 Å². The van der Waals surface area contributed by atoms with Crippen LogP contribution in [0.2, 0.25) is 0 Å². The van der Waals surface area contributed by atoms with E-state index in [0.29, 0.717) is 6.54 Å². The van der Waals surface area contributed by atoms with Gasteiger partial charge in [-0.1, -0.05) is 29.8 Å². The Morgan fingerprint density at radius 2 is 1.94 bits per heavy atom. The van der Waals surface area contributed by atoms with Gasteiger partial charge in [0.25, 0.3) is 0 Å². The van der Waals surface area contributed by atoms with Gasteiger partial charge in [0.1, 0.15) is 5.82 Å². The maximum Gasteiger partial charge on any atom is 0.155 e. The molecule has 0 amide bonds. The molecule has 0 aliphatic heterocycles. The van der Waals surface area contributed by atoms with Crippen LogP contribution in [0.15, 0.2) is 24.3 Å². The molecule has 0 radical (unpaired) electrons. The Morgan fingerprint density at radius 1 is 1.25 bits per heavy atom. The first-order chi connectivity index (χ1) is 7.69. The highest BCUT2D eigenvalue weighted by Gasteiger charge is 2.05. The summed E-state index contributed by atoms with van der Waals surface area (Å²) >= 11 is 0. The zero-order valence-corrected chi connectivity index (χ0v) is 9.64. The second kappa shape index (κ2) is 4.45. The third-order valence-electron chi connectivity index (χ3n) is 2.56. The fourth-order valence-electron chi connectivity index (χ4n) is 1.62. The van der Waals surface area contributed by atoms with Gasteiger partial charge in [0.05, 0.1) is 6.54 Å². The minimum Gasteiger partial charge on any atom is -0.324 e. The summed E-state index contributed by atoms with van der Waals surface area (Å²) in [6.45, 7) is 2.51. The van der Waals surface area contributed by atoms with Crippen molar-refractivity contribution >= 4 is 0 Å². The van der Waals surface area contributed by atoms with E-state index >= 15 is 0 Å². The van der Waals surface area contributed by atoms with Crippen molar-refractivity contribution in [2.45, 2.75) is 19.9 Å². The molecule has 0 bridgehead atoms. The van der Waals surface area contributed by atoms with E-state index in [2.05, 4.69) is 41.3 Å². The molecule has 1 aromatic carbocycles. The van der Waals surface area contributed by atoms with E-state index in [0.717, 1.165) is 18.1 Å². The summed E-state index contributed by atoms with van der Waals surface area (Å²) < 4.78 is 1.74. The molecule has 0 fully saturated rings. The van der Waals surface area contributed by atoms with Crippen LogP contribution in [-0.2, 0) is 20.0 Å². The van der Waals surface area contributed by atoms with Gasteiger partial charge in [-0.05, 0) is 12.5 Å². The predicted molar refractivity (Wildman–Crippen MR) is 62.9 cm³/mol. The molecule has 2 rings (SSSR count). The lowest BCUT2D eigenvalue weighted by atomic mass is 10.1. The van der Waals surface area contributed by atoms with E-state index in [9.17, 15) is 0 Å². The van der Waals surface area contributed by atoms with Gasteiger partial charge in [-0.15, -0.1) is 0 Å². The van der Waals surface area contributed by atoms with Crippen molar-refractivity contribution in [1.29, 1.82) is 0 Å². The van der Waals surface area contributed by atoms with Crippen LogP contribution in [0.1, 0.15) is 22.8 Å². The lowest BCUT2D eigenvalue weighted by Gasteiger charge is -1.97. The Labute approximate surface area is 95.1 Å². The summed E-state index contributed by atoms with van der Waals surface area (Å²) in [4.78, 5) is 4.37. The fourth-order valence-corrected chi connectivity index (χ4v) is 1.62. The number of nitrogens with zero attached hydrogens (tertiary/aromatic N) is 3. The second-order valence-electron chi connectivity index (χ2n) is 3.93. The number of hydrogen-bond donors (Lipinski definition) is 1. The topological polar surface area (TPSA) is 56.7 Å². The van der Waals surface area contributed by atoms with Crippen molar-refractivity contribution in [3.8, 4) is 0 Å². The summed E-state index contributed by atoms with van der Waals surface area (Å²) in [5, 5.41) is 4.32. The van der Waals surface area contributed by atoms with E-state index in [1.165, 1.54) is 11.1 Å². The highest BCUT2D eigenvalue weighted by molar-refractivity contribution is 5.23. The SMILES string of the molecule is Cc1ccc(Cc2nc(CN)n(C)n2)cc1. The number of nitrogens with two attached hydrogens (primary N) is 1. The maximum atomic E-state index is 5.55. The Morgan fingerprint density at radius 3 is 2.50 bits per heavy atom. The maximum absolute atomic E-state index is 5.55. The van der Waals surface area contributed by atoms with Gasteiger partial charge in [-0.2, -0.15) is 5.10 Å². The molecule has 4 heteroatoms. The molecule has 4 nitrogen and oxygen atoms in total. The van der Waals surface area contributed by atoms with Gasteiger partial charge >= 0.3 is 0 Å². The lowest BCUT2D eigenvalue weighted by molar-refractivity contribution is 0.696. The molecule has 0 aliphatic carbocycles. The van der Waals surface area contributed by atoms with Crippen molar-refractivity contribution in [2.24, 2.45) is 12.8 Å². The predicted octanol–water partition coefficient (Wildman–Crippen LogP) is 1.17.